The second kappa shape index (κ2) is 6.24. The fraction of sp³-hybridized carbons (Fsp3) is 0.545. The summed E-state index contributed by atoms with van der Waals surface area (Å²) >= 11 is 0. The van der Waals surface area contributed by atoms with Crippen LogP contribution >= 0.6 is 0 Å². The van der Waals surface area contributed by atoms with Gasteiger partial charge in [-0.25, -0.2) is 4.98 Å². The molecule has 1 heterocycles. The van der Waals surface area contributed by atoms with E-state index >= 15 is 0 Å². The van der Waals surface area contributed by atoms with Crippen molar-refractivity contribution in [1.82, 2.24) is 4.98 Å². The molecular weight excluding hydrogens is 190 g/mol. The normalized spacial score (nSPS) is 10.6. The summed E-state index contributed by atoms with van der Waals surface area (Å²) in [6, 6.07) is 3.71. The van der Waals surface area contributed by atoms with E-state index in [1.165, 1.54) is 0 Å². The topological polar surface area (TPSA) is 60.2 Å². The summed E-state index contributed by atoms with van der Waals surface area (Å²) in [5.74, 6) is 0.545. The van der Waals surface area contributed by atoms with Crippen LogP contribution in [0.3, 0.4) is 0 Å². The summed E-state index contributed by atoms with van der Waals surface area (Å²) in [7, 11) is 0. The molecule has 4 heteroatoms. The van der Waals surface area contributed by atoms with Crippen LogP contribution in [0.1, 0.15) is 20.3 Å². The molecule has 0 aromatic carbocycles. The van der Waals surface area contributed by atoms with E-state index in [0.29, 0.717) is 11.9 Å². The van der Waals surface area contributed by atoms with Gasteiger partial charge in [0.1, 0.15) is 5.82 Å². The molecule has 0 atom stereocenters. The molecular formula is C11H19N3O. The maximum atomic E-state index is 5.48. The largest absolute Gasteiger partial charge is 0.384 e. The summed E-state index contributed by atoms with van der Waals surface area (Å²) < 4.78 is 5.42. The Bertz CT molecular complexity index is 272. The Labute approximate surface area is 90.8 Å². The molecule has 0 fully saturated rings. The first kappa shape index (κ1) is 11.8. The molecule has 0 aliphatic heterocycles. The minimum atomic E-state index is 0.309. The van der Waals surface area contributed by atoms with E-state index in [1.807, 2.05) is 19.9 Å². The molecule has 0 aliphatic carbocycles. The summed E-state index contributed by atoms with van der Waals surface area (Å²) in [5, 5.41) is 3.25. The van der Waals surface area contributed by atoms with Crippen molar-refractivity contribution >= 4 is 11.5 Å². The van der Waals surface area contributed by atoms with E-state index in [2.05, 4.69) is 10.3 Å². The van der Waals surface area contributed by atoms with Crippen molar-refractivity contribution in [3.8, 4) is 0 Å². The third-order valence-corrected chi connectivity index (χ3v) is 1.89. The first-order valence-corrected chi connectivity index (χ1v) is 5.25. The molecule has 0 spiro atoms. The highest BCUT2D eigenvalue weighted by Gasteiger charge is 1.94. The lowest BCUT2D eigenvalue weighted by Gasteiger charge is -2.08. The van der Waals surface area contributed by atoms with Crippen LogP contribution in [0.15, 0.2) is 18.3 Å². The van der Waals surface area contributed by atoms with Gasteiger partial charge in [-0.15, -0.1) is 0 Å². The molecule has 0 unspecified atom stereocenters. The summed E-state index contributed by atoms with van der Waals surface area (Å²) in [6.07, 6.45) is 3.03. The molecule has 4 nitrogen and oxygen atoms in total. The van der Waals surface area contributed by atoms with Crippen LogP contribution in [0.2, 0.25) is 0 Å². The number of pyridine rings is 1. The number of hydrogen-bond donors (Lipinski definition) is 2. The lowest BCUT2D eigenvalue weighted by atomic mass is 10.3. The van der Waals surface area contributed by atoms with Crippen LogP contribution in [0.5, 0.6) is 0 Å². The van der Waals surface area contributed by atoms with E-state index in [4.69, 9.17) is 10.5 Å². The van der Waals surface area contributed by atoms with Gasteiger partial charge in [0.2, 0.25) is 0 Å². The number of aromatic nitrogens is 1. The number of nitrogens with two attached hydrogens (primary N) is 1. The number of nitrogens with zero attached hydrogens (tertiary/aromatic N) is 1. The maximum absolute atomic E-state index is 5.48. The molecule has 1 aromatic heterocycles. The Morgan fingerprint density at radius 2 is 2.27 bits per heavy atom. The number of hydrogen-bond acceptors (Lipinski definition) is 4. The molecule has 0 radical (unpaired) electrons. The fourth-order valence-electron chi connectivity index (χ4n) is 1.13. The minimum Gasteiger partial charge on any atom is -0.384 e. The average molecular weight is 209 g/mol. The summed E-state index contributed by atoms with van der Waals surface area (Å²) in [6.45, 7) is 5.75. The van der Waals surface area contributed by atoms with Gasteiger partial charge in [-0.05, 0) is 32.4 Å². The third kappa shape index (κ3) is 5.22. The third-order valence-electron chi connectivity index (χ3n) is 1.89. The lowest BCUT2D eigenvalue weighted by Crippen LogP contribution is -2.09. The standard InChI is InChI=1S/C11H19N3O/c1-9(2)15-7-3-6-13-10-4-5-11(12)14-8-10/h4-5,8-9,13H,3,6-7H2,1-2H3,(H2,12,14). The monoisotopic (exact) mass is 209 g/mol. The quantitative estimate of drug-likeness (QED) is 0.702. The average Bonchev–Trinajstić information content (AvgIpc) is 2.20. The fourth-order valence-corrected chi connectivity index (χ4v) is 1.13. The molecule has 0 saturated carbocycles. The van der Waals surface area contributed by atoms with E-state index < -0.39 is 0 Å². The molecule has 15 heavy (non-hydrogen) atoms. The van der Waals surface area contributed by atoms with Gasteiger partial charge in [0.15, 0.2) is 0 Å². The van der Waals surface area contributed by atoms with Crippen LogP contribution < -0.4 is 11.1 Å². The van der Waals surface area contributed by atoms with Crippen molar-refractivity contribution in [3.05, 3.63) is 18.3 Å². The molecule has 3 N–H and O–H groups in total. The van der Waals surface area contributed by atoms with Gasteiger partial charge in [-0.1, -0.05) is 0 Å². The van der Waals surface area contributed by atoms with Gasteiger partial charge in [-0.2, -0.15) is 0 Å². The van der Waals surface area contributed by atoms with Crippen LogP contribution in [-0.4, -0.2) is 24.2 Å². The zero-order valence-electron chi connectivity index (χ0n) is 9.36. The van der Waals surface area contributed by atoms with Crippen LogP contribution in [-0.2, 0) is 4.74 Å². The zero-order chi connectivity index (χ0) is 11.1. The Balaban J connectivity index is 2.12. The van der Waals surface area contributed by atoms with E-state index in [-0.39, 0.29) is 0 Å². The molecule has 0 saturated heterocycles. The maximum Gasteiger partial charge on any atom is 0.123 e. The van der Waals surface area contributed by atoms with E-state index in [9.17, 15) is 0 Å². The number of anilines is 2. The van der Waals surface area contributed by atoms with E-state index in [1.54, 1.807) is 12.3 Å². The SMILES string of the molecule is CC(C)OCCCNc1ccc(N)nc1. The Morgan fingerprint density at radius 3 is 2.87 bits per heavy atom. The summed E-state index contributed by atoms with van der Waals surface area (Å²) in [5.41, 5.74) is 6.47. The van der Waals surface area contributed by atoms with Gasteiger partial charge < -0.3 is 15.8 Å². The van der Waals surface area contributed by atoms with Gasteiger partial charge >= 0.3 is 0 Å². The number of nitrogen functional groups attached to an aromatic ring is 1. The highest BCUT2D eigenvalue weighted by Crippen LogP contribution is 2.06. The minimum absolute atomic E-state index is 0.309. The number of rotatable bonds is 6. The van der Waals surface area contributed by atoms with Crippen molar-refractivity contribution in [2.45, 2.75) is 26.4 Å². The Hall–Kier alpha value is -1.29. The molecule has 0 bridgehead atoms. The first-order chi connectivity index (χ1) is 7.18. The van der Waals surface area contributed by atoms with Crippen LogP contribution in [0.4, 0.5) is 11.5 Å². The molecule has 1 rings (SSSR count). The predicted octanol–water partition coefficient (Wildman–Crippen LogP) is 1.89. The van der Waals surface area contributed by atoms with Crippen molar-refractivity contribution in [2.75, 3.05) is 24.2 Å². The Kier molecular flexibility index (Phi) is 4.90. The zero-order valence-corrected chi connectivity index (χ0v) is 9.36. The highest BCUT2D eigenvalue weighted by atomic mass is 16.5. The second-order valence-electron chi connectivity index (χ2n) is 3.67. The molecule has 0 aliphatic rings. The number of nitrogens with one attached hydrogen (secondary N) is 1. The van der Waals surface area contributed by atoms with Crippen molar-refractivity contribution in [3.63, 3.8) is 0 Å². The molecule has 1 aromatic rings. The Morgan fingerprint density at radius 1 is 1.47 bits per heavy atom. The second-order valence-corrected chi connectivity index (χ2v) is 3.67. The van der Waals surface area contributed by atoms with E-state index in [0.717, 1.165) is 25.3 Å². The first-order valence-electron chi connectivity index (χ1n) is 5.25. The summed E-state index contributed by atoms with van der Waals surface area (Å²) in [4.78, 5) is 3.99. The van der Waals surface area contributed by atoms with Crippen molar-refractivity contribution < 1.29 is 4.74 Å². The van der Waals surface area contributed by atoms with Gasteiger partial charge in [0, 0.05) is 13.2 Å². The van der Waals surface area contributed by atoms with Gasteiger partial charge in [-0.3, -0.25) is 0 Å². The predicted molar refractivity (Wildman–Crippen MR) is 62.8 cm³/mol. The van der Waals surface area contributed by atoms with Gasteiger partial charge in [0.05, 0.1) is 18.0 Å². The number of ether oxygens (including phenoxy) is 1. The van der Waals surface area contributed by atoms with Crippen LogP contribution in [0.25, 0.3) is 0 Å². The molecule has 0 amide bonds. The smallest absolute Gasteiger partial charge is 0.123 e. The van der Waals surface area contributed by atoms with Crippen molar-refractivity contribution in [1.29, 1.82) is 0 Å². The highest BCUT2D eigenvalue weighted by molar-refractivity contribution is 5.45. The van der Waals surface area contributed by atoms with Crippen molar-refractivity contribution in [2.24, 2.45) is 0 Å². The lowest BCUT2D eigenvalue weighted by molar-refractivity contribution is 0.0787. The van der Waals surface area contributed by atoms with Gasteiger partial charge in [0.25, 0.3) is 0 Å². The van der Waals surface area contributed by atoms with Crippen LogP contribution in [0, 0.1) is 0 Å². The molecule has 84 valence electrons.